The van der Waals surface area contributed by atoms with Gasteiger partial charge in [-0.2, -0.15) is 0 Å². The molecule has 0 fully saturated rings. The van der Waals surface area contributed by atoms with Crippen LogP contribution in [0.1, 0.15) is 41.4 Å². The van der Waals surface area contributed by atoms with Crippen molar-refractivity contribution in [1.29, 1.82) is 0 Å². The van der Waals surface area contributed by atoms with E-state index < -0.39 is 11.5 Å². The Morgan fingerprint density at radius 3 is 3.06 bits per heavy atom. The molecule has 0 radical (unpaired) electrons. The van der Waals surface area contributed by atoms with Gasteiger partial charge in [-0.25, -0.2) is 0 Å². The summed E-state index contributed by atoms with van der Waals surface area (Å²) in [6.07, 6.45) is 2.69. The Hall–Kier alpha value is -1.62. The van der Waals surface area contributed by atoms with Gasteiger partial charge >= 0.3 is 0 Å². The summed E-state index contributed by atoms with van der Waals surface area (Å²) in [4.78, 5) is 24.8. The van der Waals surface area contributed by atoms with Crippen molar-refractivity contribution < 1.29 is 14.6 Å². The summed E-state index contributed by atoms with van der Waals surface area (Å²) in [5.41, 5.74) is 0.586. The van der Waals surface area contributed by atoms with Crippen LogP contribution < -0.4 is 10.7 Å². The topological polar surface area (TPSA) is 82.2 Å². The second kappa shape index (κ2) is 4.71. The average Bonchev–Trinajstić information content (AvgIpc) is 2.28. The Morgan fingerprint density at radius 2 is 2.41 bits per heavy atom. The molecule has 5 heteroatoms. The van der Waals surface area contributed by atoms with Gasteiger partial charge in [-0.05, 0) is 18.1 Å². The van der Waals surface area contributed by atoms with E-state index in [0.29, 0.717) is 13.0 Å². The number of aromatic amines is 1. The molecule has 1 N–H and O–H groups in total. The highest BCUT2D eigenvalue weighted by molar-refractivity contribution is 5.85. The maximum absolute atomic E-state index is 11.5. The first kappa shape index (κ1) is 11.9. The lowest BCUT2D eigenvalue weighted by Gasteiger charge is -2.25. The molecule has 0 spiro atoms. The fourth-order valence-corrected chi connectivity index (χ4v) is 2.08. The van der Waals surface area contributed by atoms with E-state index in [1.807, 2.05) is 0 Å². The molecule has 1 aromatic heterocycles. The zero-order valence-corrected chi connectivity index (χ0v) is 9.62. The van der Waals surface area contributed by atoms with Gasteiger partial charge in [-0.15, -0.1) is 0 Å². The number of fused-ring (bicyclic) bond motifs is 1. The molecular weight excluding hydrogens is 222 g/mol. The molecule has 2 heterocycles. The summed E-state index contributed by atoms with van der Waals surface area (Å²) in [6, 6.07) is 1.35. The molecule has 1 atom stereocenters. The zero-order valence-electron chi connectivity index (χ0n) is 9.62. The van der Waals surface area contributed by atoms with Crippen molar-refractivity contribution in [2.45, 2.75) is 38.9 Å². The van der Waals surface area contributed by atoms with Crippen LogP contribution in [0.2, 0.25) is 0 Å². The van der Waals surface area contributed by atoms with E-state index in [1.165, 1.54) is 6.07 Å². The molecule has 92 valence electrons. The summed E-state index contributed by atoms with van der Waals surface area (Å²) in [5.74, 6) is -1.45. The summed E-state index contributed by atoms with van der Waals surface area (Å²) >= 11 is 0. The van der Waals surface area contributed by atoms with Gasteiger partial charge < -0.3 is 19.6 Å². The number of pyridine rings is 1. The number of carboxylic acids is 1. The van der Waals surface area contributed by atoms with E-state index in [4.69, 9.17) is 4.74 Å². The van der Waals surface area contributed by atoms with Crippen LogP contribution in [0.25, 0.3) is 0 Å². The van der Waals surface area contributed by atoms with Crippen molar-refractivity contribution in [3.63, 3.8) is 0 Å². The zero-order chi connectivity index (χ0) is 12.4. The Balaban J connectivity index is 2.32. The van der Waals surface area contributed by atoms with Gasteiger partial charge in [-0.1, -0.05) is 13.3 Å². The van der Waals surface area contributed by atoms with Crippen molar-refractivity contribution in [3.8, 4) is 0 Å². The summed E-state index contributed by atoms with van der Waals surface area (Å²) in [7, 11) is 0. The molecule has 0 amide bonds. The molecular formula is C12H14NO4-. The quantitative estimate of drug-likeness (QED) is 0.799. The molecule has 0 saturated carbocycles. The van der Waals surface area contributed by atoms with Gasteiger partial charge in [0.15, 0.2) is 0 Å². The fourth-order valence-electron chi connectivity index (χ4n) is 2.08. The van der Waals surface area contributed by atoms with E-state index in [9.17, 15) is 14.7 Å². The van der Waals surface area contributed by atoms with Crippen LogP contribution in [-0.2, 0) is 17.8 Å². The Morgan fingerprint density at radius 1 is 1.65 bits per heavy atom. The first-order valence-corrected chi connectivity index (χ1v) is 5.69. The van der Waals surface area contributed by atoms with Crippen molar-refractivity contribution in [1.82, 2.24) is 4.98 Å². The molecule has 1 aliphatic rings. The standard InChI is InChI=1S/C12H15NO4/c1-2-3-8-5-10-7(6-17-8)4-9(12(15)16)11(14)13-10/h4,8H,2-3,5-6H2,1H3,(H,13,14)(H,15,16)/p-1/t8-/m1/s1. The molecule has 0 aromatic carbocycles. The van der Waals surface area contributed by atoms with E-state index in [0.717, 1.165) is 24.1 Å². The predicted molar refractivity (Wildman–Crippen MR) is 58.6 cm³/mol. The summed E-state index contributed by atoms with van der Waals surface area (Å²) < 4.78 is 5.58. The van der Waals surface area contributed by atoms with Crippen molar-refractivity contribution in [2.24, 2.45) is 0 Å². The molecule has 0 bridgehead atoms. The molecule has 2 rings (SSSR count). The minimum Gasteiger partial charge on any atom is -0.545 e. The first-order chi connectivity index (χ1) is 8.11. The number of carbonyl (C=O) groups is 1. The van der Waals surface area contributed by atoms with Crippen LogP contribution in [0.4, 0.5) is 0 Å². The number of aromatic carboxylic acids is 1. The average molecular weight is 236 g/mol. The van der Waals surface area contributed by atoms with Crippen molar-refractivity contribution in [2.75, 3.05) is 0 Å². The molecule has 1 aromatic rings. The van der Waals surface area contributed by atoms with Crippen LogP contribution in [-0.4, -0.2) is 17.1 Å². The van der Waals surface area contributed by atoms with Crippen LogP contribution in [0.15, 0.2) is 10.9 Å². The summed E-state index contributed by atoms with van der Waals surface area (Å²) in [6.45, 7) is 2.41. The van der Waals surface area contributed by atoms with Gasteiger partial charge in [0.1, 0.15) is 0 Å². The van der Waals surface area contributed by atoms with Gasteiger partial charge in [-0.3, -0.25) is 4.79 Å². The van der Waals surface area contributed by atoms with Crippen LogP contribution in [0, 0.1) is 0 Å². The third-order valence-corrected chi connectivity index (χ3v) is 2.95. The smallest absolute Gasteiger partial charge is 0.257 e. The molecule has 17 heavy (non-hydrogen) atoms. The third kappa shape index (κ3) is 2.39. The number of carbonyl (C=O) groups excluding carboxylic acids is 1. The number of carboxylic acid groups (broad SMARTS) is 1. The third-order valence-electron chi connectivity index (χ3n) is 2.95. The monoisotopic (exact) mass is 236 g/mol. The predicted octanol–water partition coefficient (Wildman–Crippen LogP) is -0.0202. The van der Waals surface area contributed by atoms with Crippen LogP contribution >= 0.6 is 0 Å². The first-order valence-electron chi connectivity index (χ1n) is 5.69. The number of rotatable bonds is 3. The second-order valence-corrected chi connectivity index (χ2v) is 4.23. The van der Waals surface area contributed by atoms with E-state index in [1.54, 1.807) is 0 Å². The minimum absolute atomic E-state index is 0.108. The number of ether oxygens (including phenoxy) is 1. The van der Waals surface area contributed by atoms with E-state index >= 15 is 0 Å². The maximum atomic E-state index is 11.5. The Kier molecular flexibility index (Phi) is 3.28. The Bertz CT molecular complexity index is 492. The summed E-state index contributed by atoms with van der Waals surface area (Å²) in [5, 5.41) is 10.7. The molecule has 1 aliphatic heterocycles. The SMILES string of the molecule is CCC[C@@H]1Cc2[nH]c(=O)c(C(=O)[O-])cc2CO1. The highest BCUT2D eigenvalue weighted by atomic mass is 16.5. The lowest BCUT2D eigenvalue weighted by atomic mass is 10.0. The highest BCUT2D eigenvalue weighted by Crippen LogP contribution is 2.20. The lowest BCUT2D eigenvalue weighted by molar-refractivity contribution is -0.255. The van der Waals surface area contributed by atoms with Crippen LogP contribution in [0.3, 0.4) is 0 Å². The van der Waals surface area contributed by atoms with E-state index in [2.05, 4.69) is 11.9 Å². The number of aromatic nitrogens is 1. The minimum atomic E-state index is -1.45. The molecule has 5 nitrogen and oxygen atoms in total. The number of H-pyrrole nitrogens is 1. The normalized spacial score (nSPS) is 18.8. The fraction of sp³-hybridized carbons (Fsp3) is 0.500. The van der Waals surface area contributed by atoms with Crippen molar-refractivity contribution >= 4 is 5.97 Å². The Labute approximate surface area is 98.4 Å². The molecule has 0 aliphatic carbocycles. The van der Waals surface area contributed by atoms with Gasteiger partial charge in [0.05, 0.1) is 24.2 Å². The largest absolute Gasteiger partial charge is 0.545 e. The van der Waals surface area contributed by atoms with Gasteiger partial charge in [0.25, 0.3) is 5.56 Å². The highest BCUT2D eigenvalue weighted by Gasteiger charge is 2.20. The van der Waals surface area contributed by atoms with E-state index in [-0.39, 0.29) is 11.7 Å². The van der Waals surface area contributed by atoms with Crippen LogP contribution in [0.5, 0.6) is 0 Å². The van der Waals surface area contributed by atoms with Crippen molar-refractivity contribution in [3.05, 3.63) is 33.2 Å². The number of nitrogens with one attached hydrogen (secondary N) is 1. The lowest BCUT2D eigenvalue weighted by Crippen LogP contribution is -2.33. The maximum Gasteiger partial charge on any atom is 0.257 e. The molecule has 0 unspecified atom stereocenters. The van der Waals surface area contributed by atoms with Gasteiger partial charge in [0, 0.05) is 12.1 Å². The van der Waals surface area contributed by atoms with Gasteiger partial charge in [0.2, 0.25) is 0 Å². The second-order valence-electron chi connectivity index (χ2n) is 4.23. The molecule has 0 saturated heterocycles. The number of hydrogen-bond acceptors (Lipinski definition) is 4. The number of hydrogen-bond donors (Lipinski definition) is 1.